The second-order valence-corrected chi connectivity index (χ2v) is 6.40. The molecule has 2 aliphatic heterocycles. The van der Waals surface area contributed by atoms with Crippen LogP contribution in [0.4, 0.5) is 0 Å². The fourth-order valence-electron chi connectivity index (χ4n) is 4.01. The zero-order valence-corrected chi connectivity index (χ0v) is 13.4. The molecule has 0 unspecified atom stereocenters. The van der Waals surface area contributed by atoms with Gasteiger partial charge in [-0.2, -0.15) is 0 Å². The number of carbonyl (C=O) groups excluding carboxylic acids is 1. The summed E-state index contributed by atoms with van der Waals surface area (Å²) in [6.45, 7) is 3.84. The van der Waals surface area contributed by atoms with Crippen molar-refractivity contribution in [3.63, 3.8) is 0 Å². The van der Waals surface area contributed by atoms with E-state index in [0.717, 1.165) is 24.4 Å². The zero-order valence-electron chi connectivity index (χ0n) is 13.4. The van der Waals surface area contributed by atoms with Crippen LogP contribution in [0.2, 0.25) is 0 Å². The number of hydrogen-bond acceptors (Lipinski definition) is 4. The standard InChI is InChI=1S/C17H22N2O4/c1-11(20)19-8-13-7-18(10-16(21)22)9-15(13)17(19)12-3-5-14(23-2)6-4-12/h3-6,13,15,17H,7-10H2,1-2H3,(H,21,22)/t13-,15-,17+/m1/s1. The molecule has 2 saturated heterocycles. The second-order valence-electron chi connectivity index (χ2n) is 6.40. The van der Waals surface area contributed by atoms with Gasteiger partial charge in [0, 0.05) is 32.5 Å². The molecule has 6 nitrogen and oxygen atoms in total. The molecule has 0 radical (unpaired) electrons. The number of nitrogens with zero attached hydrogens (tertiary/aromatic N) is 2. The average molecular weight is 318 g/mol. The van der Waals surface area contributed by atoms with E-state index >= 15 is 0 Å². The summed E-state index contributed by atoms with van der Waals surface area (Å²) >= 11 is 0. The highest BCUT2D eigenvalue weighted by Gasteiger charge is 2.48. The molecular weight excluding hydrogens is 296 g/mol. The van der Waals surface area contributed by atoms with Crippen molar-refractivity contribution in [1.29, 1.82) is 0 Å². The van der Waals surface area contributed by atoms with E-state index in [1.54, 1.807) is 14.0 Å². The monoisotopic (exact) mass is 318 g/mol. The number of amides is 1. The number of likely N-dealkylation sites (tertiary alicyclic amines) is 2. The first kappa shape index (κ1) is 15.8. The van der Waals surface area contributed by atoms with Crippen LogP contribution in [0.25, 0.3) is 0 Å². The number of aliphatic carboxylic acids is 1. The summed E-state index contributed by atoms with van der Waals surface area (Å²) in [6, 6.07) is 7.83. The minimum absolute atomic E-state index is 0.0159. The summed E-state index contributed by atoms with van der Waals surface area (Å²) in [5, 5.41) is 9.00. The third-order valence-electron chi connectivity index (χ3n) is 4.96. The molecule has 1 aromatic carbocycles. The zero-order chi connectivity index (χ0) is 16.6. The normalized spacial score (nSPS) is 27.0. The van der Waals surface area contributed by atoms with Gasteiger partial charge in [-0.1, -0.05) is 12.1 Å². The average Bonchev–Trinajstić information content (AvgIpc) is 3.03. The van der Waals surface area contributed by atoms with Gasteiger partial charge in [0.1, 0.15) is 5.75 Å². The van der Waals surface area contributed by atoms with Crippen LogP contribution in [-0.4, -0.2) is 60.1 Å². The molecule has 0 saturated carbocycles. The lowest BCUT2D eigenvalue weighted by Gasteiger charge is -2.29. The van der Waals surface area contributed by atoms with Gasteiger partial charge in [-0.05, 0) is 23.6 Å². The fourth-order valence-corrected chi connectivity index (χ4v) is 4.01. The maximum Gasteiger partial charge on any atom is 0.317 e. The first-order chi connectivity index (χ1) is 11.0. The Bertz CT molecular complexity index is 601. The molecule has 124 valence electrons. The number of fused-ring (bicyclic) bond motifs is 1. The summed E-state index contributed by atoms with van der Waals surface area (Å²) in [7, 11) is 1.63. The van der Waals surface area contributed by atoms with Crippen LogP contribution < -0.4 is 4.74 Å². The van der Waals surface area contributed by atoms with Crippen LogP contribution in [0.3, 0.4) is 0 Å². The van der Waals surface area contributed by atoms with Gasteiger partial charge in [0.2, 0.25) is 5.91 Å². The van der Waals surface area contributed by atoms with Crippen molar-refractivity contribution < 1.29 is 19.4 Å². The highest BCUT2D eigenvalue weighted by molar-refractivity contribution is 5.74. The topological polar surface area (TPSA) is 70.1 Å². The Morgan fingerprint density at radius 2 is 1.91 bits per heavy atom. The van der Waals surface area contributed by atoms with Crippen molar-refractivity contribution in [2.45, 2.75) is 13.0 Å². The van der Waals surface area contributed by atoms with Gasteiger partial charge in [-0.3, -0.25) is 14.5 Å². The molecule has 0 aromatic heterocycles. The lowest BCUT2D eigenvalue weighted by molar-refractivity contribution is -0.138. The Morgan fingerprint density at radius 1 is 1.22 bits per heavy atom. The third kappa shape index (κ3) is 3.03. The first-order valence-electron chi connectivity index (χ1n) is 7.85. The van der Waals surface area contributed by atoms with E-state index in [9.17, 15) is 9.59 Å². The maximum atomic E-state index is 12.0. The molecule has 0 spiro atoms. The van der Waals surface area contributed by atoms with Crippen molar-refractivity contribution in [2.75, 3.05) is 33.3 Å². The summed E-state index contributed by atoms with van der Waals surface area (Å²) in [6.07, 6.45) is 0. The molecule has 3 rings (SSSR count). The minimum Gasteiger partial charge on any atom is -0.497 e. The molecule has 1 amide bonds. The number of ether oxygens (including phenoxy) is 1. The van der Waals surface area contributed by atoms with Gasteiger partial charge in [0.15, 0.2) is 0 Å². The molecular formula is C17H22N2O4. The number of rotatable bonds is 4. The Kier molecular flexibility index (Phi) is 4.26. The van der Waals surface area contributed by atoms with E-state index in [4.69, 9.17) is 9.84 Å². The minimum atomic E-state index is -0.797. The SMILES string of the molecule is COc1ccc([C@H]2[C@@H]3CN(CC(=O)O)C[C@@H]3CN2C(C)=O)cc1. The van der Waals surface area contributed by atoms with E-state index < -0.39 is 5.97 Å². The first-order valence-corrected chi connectivity index (χ1v) is 7.85. The second kappa shape index (κ2) is 6.20. The Hall–Kier alpha value is -2.08. The van der Waals surface area contributed by atoms with Gasteiger partial charge < -0.3 is 14.7 Å². The van der Waals surface area contributed by atoms with Crippen LogP contribution in [0.15, 0.2) is 24.3 Å². The number of benzene rings is 1. The number of carboxylic acid groups (broad SMARTS) is 1. The predicted molar refractivity (Wildman–Crippen MR) is 84.2 cm³/mol. The van der Waals surface area contributed by atoms with Crippen molar-refractivity contribution in [3.8, 4) is 5.75 Å². The summed E-state index contributed by atoms with van der Waals surface area (Å²) < 4.78 is 5.20. The molecule has 2 heterocycles. The lowest BCUT2D eigenvalue weighted by atomic mass is 9.89. The predicted octanol–water partition coefficient (Wildman–Crippen LogP) is 1.23. The van der Waals surface area contributed by atoms with Crippen LogP contribution in [0, 0.1) is 11.8 Å². The molecule has 2 aliphatic rings. The number of carbonyl (C=O) groups is 2. The van der Waals surface area contributed by atoms with Crippen LogP contribution in [0.5, 0.6) is 5.75 Å². The summed E-state index contributed by atoms with van der Waals surface area (Å²) in [5.41, 5.74) is 1.09. The van der Waals surface area contributed by atoms with Crippen LogP contribution >= 0.6 is 0 Å². The van der Waals surface area contributed by atoms with Gasteiger partial charge in [0.05, 0.1) is 19.7 Å². The van der Waals surface area contributed by atoms with Crippen molar-refractivity contribution in [3.05, 3.63) is 29.8 Å². The maximum absolute atomic E-state index is 12.0. The number of hydrogen-bond donors (Lipinski definition) is 1. The third-order valence-corrected chi connectivity index (χ3v) is 4.96. The highest BCUT2D eigenvalue weighted by Crippen LogP contribution is 2.45. The molecule has 0 bridgehead atoms. The molecule has 23 heavy (non-hydrogen) atoms. The van der Waals surface area contributed by atoms with Crippen molar-refractivity contribution in [1.82, 2.24) is 9.80 Å². The quantitative estimate of drug-likeness (QED) is 0.904. The lowest BCUT2D eigenvalue weighted by Crippen LogP contribution is -2.35. The van der Waals surface area contributed by atoms with E-state index in [1.165, 1.54) is 0 Å². The Balaban J connectivity index is 1.84. The van der Waals surface area contributed by atoms with Gasteiger partial charge in [-0.25, -0.2) is 0 Å². The van der Waals surface area contributed by atoms with Gasteiger partial charge in [-0.15, -0.1) is 0 Å². The Morgan fingerprint density at radius 3 is 2.48 bits per heavy atom. The van der Waals surface area contributed by atoms with Crippen molar-refractivity contribution >= 4 is 11.9 Å². The van der Waals surface area contributed by atoms with Crippen molar-refractivity contribution in [2.24, 2.45) is 11.8 Å². The summed E-state index contributed by atoms with van der Waals surface area (Å²) in [5.74, 6) is 0.688. The fraction of sp³-hybridized carbons (Fsp3) is 0.529. The molecule has 3 atom stereocenters. The summed E-state index contributed by atoms with van der Waals surface area (Å²) in [4.78, 5) is 26.9. The molecule has 2 fully saturated rings. The van der Waals surface area contributed by atoms with E-state index in [0.29, 0.717) is 12.5 Å². The van der Waals surface area contributed by atoms with E-state index in [2.05, 4.69) is 0 Å². The van der Waals surface area contributed by atoms with Crippen LogP contribution in [-0.2, 0) is 9.59 Å². The molecule has 6 heteroatoms. The van der Waals surface area contributed by atoms with Gasteiger partial charge in [0.25, 0.3) is 0 Å². The highest BCUT2D eigenvalue weighted by atomic mass is 16.5. The van der Waals surface area contributed by atoms with E-state index in [-0.39, 0.29) is 24.4 Å². The number of methoxy groups -OCH3 is 1. The van der Waals surface area contributed by atoms with E-state index in [1.807, 2.05) is 34.1 Å². The molecule has 1 N–H and O–H groups in total. The smallest absolute Gasteiger partial charge is 0.317 e. The largest absolute Gasteiger partial charge is 0.497 e. The van der Waals surface area contributed by atoms with Gasteiger partial charge >= 0.3 is 5.97 Å². The Labute approximate surface area is 135 Å². The molecule has 1 aromatic rings. The number of carboxylic acids is 1. The van der Waals surface area contributed by atoms with Crippen LogP contribution in [0.1, 0.15) is 18.5 Å². The molecule has 0 aliphatic carbocycles.